The predicted molar refractivity (Wildman–Crippen MR) is 160 cm³/mol. The first-order valence-electron chi connectivity index (χ1n) is 15.2. The Balaban J connectivity index is 1.21. The van der Waals surface area contributed by atoms with Crippen LogP contribution in [0.5, 0.6) is 0 Å². The fraction of sp³-hybridized carbons (Fsp3) is 0.516. The molecule has 228 valence electrons. The molecule has 1 aliphatic heterocycles. The maximum absolute atomic E-state index is 12.2. The number of rotatable bonds is 10. The molecule has 43 heavy (non-hydrogen) atoms. The molecule has 6 rings (SSSR count). The largest absolute Gasteiger partial charge is 0.481 e. The number of urea groups is 1. The number of carboxylic acid groups (broad SMARTS) is 1. The van der Waals surface area contributed by atoms with Crippen molar-refractivity contribution in [2.24, 2.45) is 17.8 Å². The smallest absolute Gasteiger partial charge is 0.320 e. The van der Waals surface area contributed by atoms with Gasteiger partial charge in [-0.25, -0.2) is 19.7 Å². The van der Waals surface area contributed by atoms with E-state index in [0.717, 1.165) is 37.7 Å². The minimum Gasteiger partial charge on any atom is -0.481 e. The third kappa shape index (κ3) is 6.41. The SMILES string of the molecule is CCNC(=O)Nc1ncnc2c1ncn2C1CC(CNCC2CCCCC2C(=O)O)C2O[C@H](C=Cc3ccccc3)OC21. The van der Waals surface area contributed by atoms with Crippen LogP contribution in [0.2, 0.25) is 0 Å². The van der Waals surface area contributed by atoms with E-state index in [1.165, 1.54) is 6.33 Å². The lowest BCUT2D eigenvalue weighted by Gasteiger charge is -2.29. The Morgan fingerprint density at radius 1 is 1.05 bits per heavy atom. The third-order valence-corrected chi connectivity index (χ3v) is 8.86. The number of anilines is 1. The second kappa shape index (κ2) is 13.2. The molecule has 3 aromatic rings. The summed E-state index contributed by atoms with van der Waals surface area (Å²) >= 11 is 0. The number of ether oxygens (including phenoxy) is 2. The summed E-state index contributed by atoms with van der Waals surface area (Å²) in [6.45, 7) is 3.69. The van der Waals surface area contributed by atoms with Crippen molar-refractivity contribution in [2.45, 2.75) is 63.6 Å². The number of nitrogens with zero attached hydrogens (tertiary/aromatic N) is 4. The lowest BCUT2D eigenvalue weighted by Crippen LogP contribution is -2.38. The lowest BCUT2D eigenvalue weighted by atomic mass is 9.79. The summed E-state index contributed by atoms with van der Waals surface area (Å²) in [4.78, 5) is 37.3. The third-order valence-electron chi connectivity index (χ3n) is 8.86. The van der Waals surface area contributed by atoms with Crippen molar-refractivity contribution in [3.05, 3.63) is 54.6 Å². The second-order valence-electron chi connectivity index (χ2n) is 11.6. The van der Waals surface area contributed by atoms with Crippen LogP contribution in [0.15, 0.2) is 49.1 Å². The van der Waals surface area contributed by atoms with Crippen LogP contribution in [0, 0.1) is 17.8 Å². The molecular weight excluding hydrogens is 550 g/mol. The van der Waals surface area contributed by atoms with Gasteiger partial charge in [-0.05, 0) is 50.3 Å². The van der Waals surface area contributed by atoms with Crippen LogP contribution >= 0.6 is 0 Å². The monoisotopic (exact) mass is 589 g/mol. The highest BCUT2D eigenvalue weighted by Crippen LogP contribution is 2.45. The molecule has 3 fully saturated rings. The number of fused-ring (bicyclic) bond motifs is 2. The summed E-state index contributed by atoms with van der Waals surface area (Å²) in [5.41, 5.74) is 2.17. The Morgan fingerprint density at radius 2 is 1.84 bits per heavy atom. The van der Waals surface area contributed by atoms with E-state index in [9.17, 15) is 14.7 Å². The molecule has 12 nitrogen and oxygen atoms in total. The van der Waals surface area contributed by atoms with Crippen molar-refractivity contribution in [1.82, 2.24) is 30.2 Å². The first kappa shape index (κ1) is 29.2. The van der Waals surface area contributed by atoms with Crippen LogP contribution in [0.1, 0.15) is 50.6 Å². The van der Waals surface area contributed by atoms with Crippen LogP contribution in [0.25, 0.3) is 17.2 Å². The Kier molecular flexibility index (Phi) is 8.96. The van der Waals surface area contributed by atoms with Gasteiger partial charge in [0.05, 0.1) is 24.4 Å². The zero-order chi connectivity index (χ0) is 29.8. The van der Waals surface area contributed by atoms with Crippen LogP contribution in [-0.2, 0) is 14.3 Å². The molecule has 1 aromatic carbocycles. The van der Waals surface area contributed by atoms with E-state index < -0.39 is 12.3 Å². The Hall–Kier alpha value is -3.87. The van der Waals surface area contributed by atoms with Crippen molar-refractivity contribution < 1.29 is 24.2 Å². The standard InChI is InChI=1S/C31H39N7O5/c1-2-33-31(41)37-28-25-29(35-17-34-28)38(18-36-25)23-14-21(16-32-15-20-10-6-7-11-22(20)30(39)40)26-27(23)43-24(42-26)13-12-19-8-4-3-5-9-19/h3-5,8-9,12-13,17-18,20-24,26-27,32H,2,6-7,10-11,14-16H2,1H3,(H,39,40)(H2,33,34,35,37,41)/t20?,21?,22?,23?,24-,26?,27?/m0/s1. The highest BCUT2D eigenvalue weighted by Gasteiger charge is 2.51. The van der Waals surface area contributed by atoms with Gasteiger partial charge in [0, 0.05) is 19.0 Å². The number of aliphatic carboxylic acids is 1. The van der Waals surface area contributed by atoms with E-state index in [2.05, 4.69) is 30.9 Å². The molecule has 2 amide bonds. The maximum atomic E-state index is 12.2. The van der Waals surface area contributed by atoms with Crippen LogP contribution < -0.4 is 16.0 Å². The Bertz CT molecular complexity index is 1450. The average molecular weight is 590 g/mol. The number of benzene rings is 1. The quantitative estimate of drug-likeness (QED) is 0.276. The molecule has 2 saturated carbocycles. The van der Waals surface area contributed by atoms with Gasteiger partial charge in [-0.2, -0.15) is 0 Å². The summed E-state index contributed by atoms with van der Waals surface area (Å²) in [6.07, 6.45) is 10.7. The first-order valence-corrected chi connectivity index (χ1v) is 15.2. The number of nitrogens with one attached hydrogen (secondary N) is 3. The van der Waals surface area contributed by atoms with Crippen LogP contribution in [-0.4, -0.2) is 74.8 Å². The average Bonchev–Trinajstić information content (AvgIpc) is 3.72. The molecule has 4 N–H and O–H groups in total. The fourth-order valence-electron chi connectivity index (χ4n) is 6.81. The molecule has 12 heteroatoms. The van der Waals surface area contributed by atoms with Gasteiger partial charge >= 0.3 is 12.0 Å². The van der Waals surface area contributed by atoms with Crippen LogP contribution in [0.4, 0.5) is 10.6 Å². The Labute approximate surface area is 250 Å². The van der Waals surface area contributed by atoms with Gasteiger partial charge in [0.1, 0.15) is 12.4 Å². The van der Waals surface area contributed by atoms with Crippen molar-refractivity contribution in [1.29, 1.82) is 0 Å². The summed E-state index contributed by atoms with van der Waals surface area (Å²) in [7, 11) is 0. The maximum Gasteiger partial charge on any atom is 0.320 e. The summed E-state index contributed by atoms with van der Waals surface area (Å²) in [5.74, 6) is -0.378. The van der Waals surface area contributed by atoms with Crippen molar-refractivity contribution >= 4 is 35.1 Å². The van der Waals surface area contributed by atoms with E-state index in [1.54, 1.807) is 6.33 Å². The van der Waals surface area contributed by atoms with E-state index in [1.807, 2.05) is 54.0 Å². The number of carboxylic acids is 1. The van der Waals surface area contributed by atoms with Gasteiger partial charge in [0.15, 0.2) is 23.3 Å². The minimum atomic E-state index is -0.692. The zero-order valence-electron chi connectivity index (χ0n) is 24.3. The van der Waals surface area contributed by atoms with Gasteiger partial charge in [0.2, 0.25) is 0 Å². The molecular formula is C31H39N7O5. The van der Waals surface area contributed by atoms with Gasteiger partial charge in [-0.3, -0.25) is 10.1 Å². The van der Waals surface area contributed by atoms with E-state index >= 15 is 0 Å². The fourth-order valence-corrected chi connectivity index (χ4v) is 6.81. The molecule has 7 atom stereocenters. The normalized spacial score (nSPS) is 28.7. The molecule has 3 aliphatic rings. The molecule has 2 aliphatic carbocycles. The highest BCUT2D eigenvalue weighted by atomic mass is 16.7. The van der Waals surface area contributed by atoms with Gasteiger partial charge in [-0.1, -0.05) is 49.2 Å². The molecule has 0 bridgehead atoms. The minimum absolute atomic E-state index is 0.106. The summed E-state index contributed by atoms with van der Waals surface area (Å²) in [5, 5.41) is 18.8. The molecule has 0 radical (unpaired) electrons. The number of amides is 2. The van der Waals surface area contributed by atoms with E-state index in [-0.39, 0.29) is 42.0 Å². The van der Waals surface area contributed by atoms with Crippen LogP contribution in [0.3, 0.4) is 0 Å². The molecule has 6 unspecified atom stereocenters. The number of imidazole rings is 1. The topological polar surface area (TPSA) is 153 Å². The predicted octanol–water partition coefficient (Wildman–Crippen LogP) is 3.83. The number of carbonyl (C=O) groups is 2. The summed E-state index contributed by atoms with van der Waals surface area (Å²) < 4.78 is 15.0. The van der Waals surface area contributed by atoms with Crippen molar-refractivity contribution in [3.8, 4) is 0 Å². The van der Waals surface area contributed by atoms with Gasteiger partial charge in [-0.15, -0.1) is 0 Å². The van der Waals surface area contributed by atoms with Crippen molar-refractivity contribution in [2.75, 3.05) is 25.0 Å². The zero-order valence-corrected chi connectivity index (χ0v) is 24.3. The number of hydrogen-bond acceptors (Lipinski definition) is 8. The molecule has 1 saturated heterocycles. The van der Waals surface area contributed by atoms with E-state index in [0.29, 0.717) is 36.6 Å². The van der Waals surface area contributed by atoms with E-state index in [4.69, 9.17) is 9.47 Å². The first-order chi connectivity index (χ1) is 21.0. The highest BCUT2D eigenvalue weighted by molar-refractivity contribution is 5.95. The molecule has 0 spiro atoms. The second-order valence-corrected chi connectivity index (χ2v) is 11.6. The lowest BCUT2D eigenvalue weighted by molar-refractivity contribution is -0.144. The number of carbonyl (C=O) groups excluding carboxylic acids is 1. The van der Waals surface area contributed by atoms with Crippen molar-refractivity contribution in [3.63, 3.8) is 0 Å². The molecule has 2 aromatic heterocycles. The number of aromatic nitrogens is 4. The summed E-state index contributed by atoms with van der Waals surface area (Å²) in [6, 6.07) is 9.56. The van der Waals surface area contributed by atoms with Gasteiger partial charge in [0.25, 0.3) is 0 Å². The van der Waals surface area contributed by atoms with Gasteiger partial charge < -0.3 is 29.8 Å². The Morgan fingerprint density at radius 3 is 2.65 bits per heavy atom. The molecule has 3 heterocycles. The number of hydrogen-bond donors (Lipinski definition) is 4.